The second-order valence-corrected chi connectivity index (χ2v) is 8.01. The minimum absolute atomic E-state index is 0.0715. The van der Waals surface area contributed by atoms with Gasteiger partial charge in [-0.2, -0.15) is 0 Å². The first kappa shape index (κ1) is 17.3. The van der Waals surface area contributed by atoms with Gasteiger partial charge in [-0.1, -0.05) is 32.0 Å². The quantitative estimate of drug-likeness (QED) is 0.753. The number of benzene rings is 1. The molecule has 1 saturated heterocycles. The molecule has 1 N–H and O–H groups in total. The van der Waals surface area contributed by atoms with Crippen molar-refractivity contribution in [3.05, 3.63) is 48.5 Å². The summed E-state index contributed by atoms with van der Waals surface area (Å²) in [6, 6.07) is 9.06. The molecule has 0 unspecified atom stereocenters. The first-order valence-electron chi connectivity index (χ1n) is 9.81. The van der Waals surface area contributed by atoms with Crippen molar-refractivity contribution in [2.75, 3.05) is 5.32 Å². The summed E-state index contributed by atoms with van der Waals surface area (Å²) in [6.45, 7) is 4.59. The van der Waals surface area contributed by atoms with E-state index in [1.807, 2.05) is 22.8 Å². The van der Waals surface area contributed by atoms with Crippen molar-refractivity contribution in [2.45, 2.75) is 39.0 Å². The molecule has 1 amide bonds. The van der Waals surface area contributed by atoms with Crippen molar-refractivity contribution < 1.29 is 9.53 Å². The average molecular weight is 377 g/mol. The third kappa shape index (κ3) is 2.77. The lowest BCUT2D eigenvalue weighted by Gasteiger charge is -2.17. The van der Waals surface area contributed by atoms with Crippen molar-refractivity contribution in [1.29, 1.82) is 0 Å². The molecule has 5 atom stereocenters. The second-order valence-electron chi connectivity index (χ2n) is 8.01. The molecular formula is C21H23N5O2. The summed E-state index contributed by atoms with van der Waals surface area (Å²) in [4.78, 5) is 25.6. The number of carbonyl (C=O) groups is 1. The Morgan fingerprint density at radius 1 is 1.11 bits per heavy atom. The van der Waals surface area contributed by atoms with E-state index in [9.17, 15) is 4.79 Å². The molecule has 1 aliphatic heterocycles. The Bertz CT molecular complexity index is 1000. The number of imidazole rings is 1. The molecule has 3 aromatic rings. The summed E-state index contributed by atoms with van der Waals surface area (Å²) in [5.74, 6) is 2.03. The summed E-state index contributed by atoms with van der Waals surface area (Å²) < 4.78 is 8.37. The van der Waals surface area contributed by atoms with E-state index in [1.54, 1.807) is 18.5 Å². The van der Waals surface area contributed by atoms with E-state index in [2.05, 4.69) is 34.1 Å². The maximum absolute atomic E-state index is 12.5. The Hall–Kier alpha value is -2.80. The number of hydrogen-bond donors (Lipinski definition) is 1. The van der Waals surface area contributed by atoms with Crippen LogP contribution in [0, 0.1) is 17.8 Å². The van der Waals surface area contributed by atoms with Gasteiger partial charge in [-0.3, -0.25) is 9.36 Å². The number of rotatable bonds is 3. The minimum Gasteiger partial charge on any atom is -0.354 e. The van der Waals surface area contributed by atoms with Gasteiger partial charge >= 0.3 is 0 Å². The molecule has 7 heteroatoms. The Morgan fingerprint density at radius 2 is 1.93 bits per heavy atom. The molecule has 28 heavy (non-hydrogen) atoms. The van der Waals surface area contributed by atoms with Crippen LogP contribution in [-0.4, -0.2) is 31.5 Å². The predicted octanol–water partition coefficient (Wildman–Crippen LogP) is 3.66. The molecule has 0 spiro atoms. The first-order valence-corrected chi connectivity index (χ1v) is 9.81. The number of nitrogens with zero attached hydrogens (tertiary/aromatic N) is 4. The number of ether oxygens (including phenoxy) is 1. The van der Waals surface area contributed by atoms with E-state index in [1.165, 1.54) is 12.7 Å². The fourth-order valence-corrected chi connectivity index (χ4v) is 4.81. The van der Waals surface area contributed by atoms with E-state index < -0.39 is 0 Å². The van der Waals surface area contributed by atoms with Crippen molar-refractivity contribution in [1.82, 2.24) is 19.5 Å². The zero-order valence-electron chi connectivity index (χ0n) is 15.9. The molecule has 2 aromatic heterocycles. The van der Waals surface area contributed by atoms with E-state index in [0.29, 0.717) is 46.4 Å². The zero-order valence-corrected chi connectivity index (χ0v) is 15.9. The van der Waals surface area contributed by atoms with Crippen LogP contribution in [0.4, 0.5) is 5.82 Å². The van der Waals surface area contributed by atoms with E-state index >= 15 is 0 Å². The smallest absolute Gasteiger partial charge is 0.256 e. The van der Waals surface area contributed by atoms with Crippen LogP contribution in [0.5, 0.6) is 0 Å². The molecule has 0 bridgehead atoms. The lowest BCUT2D eigenvalue weighted by molar-refractivity contribution is -0.0176. The largest absolute Gasteiger partial charge is 0.354 e. The van der Waals surface area contributed by atoms with Crippen LogP contribution in [-0.2, 0) is 4.74 Å². The van der Waals surface area contributed by atoms with Gasteiger partial charge in [-0.05, 0) is 42.7 Å². The maximum Gasteiger partial charge on any atom is 0.256 e. The van der Waals surface area contributed by atoms with Crippen LogP contribution in [0.1, 0.15) is 43.3 Å². The average Bonchev–Trinajstić information content (AvgIpc) is 3.39. The summed E-state index contributed by atoms with van der Waals surface area (Å²) >= 11 is 0. The van der Waals surface area contributed by atoms with Crippen molar-refractivity contribution in [2.24, 2.45) is 17.8 Å². The molecule has 3 heterocycles. The van der Waals surface area contributed by atoms with Crippen LogP contribution in [0.2, 0.25) is 0 Å². The molecule has 7 nitrogen and oxygen atoms in total. The zero-order chi connectivity index (χ0) is 19.3. The second kappa shape index (κ2) is 6.67. The standard InChI is InChI=1S/C21H23N5O2/c1-12-8-13(2)18-15(12)9-16(28-18)26-11-24-17-19(22-10-23-20(17)26)25-21(27)14-6-4-3-5-7-14/h3-7,10-13,15-16,18H,8-9H2,1-2H3,(H,22,23,25,27)/t12-,13-,15+,16-,18-/m1/s1. The Morgan fingerprint density at radius 3 is 2.71 bits per heavy atom. The number of hydrogen-bond acceptors (Lipinski definition) is 5. The summed E-state index contributed by atoms with van der Waals surface area (Å²) in [5, 5.41) is 2.85. The van der Waals surface area contributed by atoms with Crippen molar-refractivity contribution in [3.8, 4) is 0 Å². The number of aromatic nitrogens is 4. The number of carbonyl (C=O) groups excluding carboxylic acids is 1. The molecule has 5 rings (SSSR count). The van der Waals surface area contributed by atoms with Crippen LogP contribution < -0.4 is 5.32 Å². The van der Waals surface area contributed by atoms with Gasteiger partial charge in [0.25, 0.3) is 5.91 Å². The molecule has 1 aliphatic carbocycles. The predicted molar refractivity (Wildman–Crippen MR) is 105 cm³/mol. The lowest BCUT2D eigenvalue weighted by Crippen LogP contribution is -2.17. The van der Waals surface area contributed by atoms with Gasteiger partial charge < -0.3 is 10.1 Å². The lowest BCUT2D eigenvalue weighted by atomic mass is 9.94. The van der Waals surface area contributed by atoms with Crippen LogP contribution in [0.3, 0.4) is 0 Å². The Labute approximate surface area is 163 Å². The van der Waals surface area contributed by atoms with Gasteiger partial charge in [0.1, 0.15) is 12.6 Å². The molecular weight excluding hydrogens is 354 g/mol. The molecule has 1 saturated carbocycles. The topological polar surface area (TPSA) is 81.9 Å². The van der Waals surface area contributed by atoms with Crippen LogP contribution in [0.15, 0.2) is 43.0 Å². The highest BCUT2D eigenvalue weighted by Crippen LogP contribution is 2.49. The number of anilines is 1. The number of amides is 1. The monoisotopic (exact) mass is 377 g/mol. The third-order valence-corrected chi connectivity index (χ3v) is 6.18. The van der Waals surface area contributed by atoms with Gasteiger partial charge in [-0.15, -0.1) is 0 Å². The molecule has 144 valence electrons. The van der Waals surface area contributed by atoms with Crippen molar-refractivity contribution >= 4 is 22.9 Å². The maximum atomic E-state index is 12.5. The minimum atomic E-state index is -0.218. The highest BCUT2D eigenvalue weighted by molar-refractivity contribution is 6.06. The molecule has 1 aromatic carbocycles. The van der Waals surface area contributed by atoms with E-state index in [0.717, 1.165) is 6.42 Å². The highest BCUT2D eigenvalue weighted by Gasteiger charge is 2.47. The number of nitrogens with one attached hydrogen (secondary N) is 1. The summed E-state index contributed by atoms with van der Waals surface area (Å²) in [5.41, 5.74) is 1.83. The van der Waals surface area contributed by atoms with Crippen LogP contribution >= 0.6 is 0 Å². The van der Waals surface area contributed by atoms with Gasteiger partial charge in [0.05, 0.1) is 12.4 Å². The first-order chi connectivity index (χ1) is 13.6. The fourth-order valence-electron chi connectivity index (χ4n) is 4.81. The summed E-state index contributed by atoms with van der Waals surface area (Å²) in [7, 11) is 0. The molecule has 2 aliphatic rings. The van der Waals surface area contributed by atoms with Gasteiger partial charge in [-0.25, -0.2) is 15.0 Å². The Kier molecular flexibility index (Phi) is 4.12. The van der Waals surface area contributed by atoms with Crippen LogP contribution in [0.25, 0.3) is 11.2 Å². The highest BCUT2D eigenvalue weighted by atomic mass is 16.5. The van der Waals surface area contributed by atoms with Gasteiger partial charge in [0, 0.05) is 5.56 Å². The third-order valence-electron chi connectivity index (χ3n) is 6.18. The SMILES string of the molecule is C[C@@H]1C[C@@H](C)[C@H]2O[C@@H](n3cnc4c(NC(=O)c5ccccc5)ncnc43)C[C@H]21. The van der Waals surface area contributed by atoms with E-state index in [-0.39, 0.29) is 12.1 Å². The fraction of sp³-hybridized carbons (Fsp3) is 0.429. The van der Waals surface area contributed by atoms with Crippen molar-refractivity contribution in [3.63, 3.8) is 0 Å². The molecule has 2 fully saturated rings. The molecule has 0 radical (unpaired) electrons. The van der Waals surface area contributed by atoms with Gasteiger partial charge in [0.2, 0.25) is 0 Å². The summed E-state index contributed by atoms with van der Waals surface area (Å²) in [6.07, 6.45) is 5.64. The Balaban J connectivity index is 1.43. The van der Waals surface area contributed by atoms with Gasteiger partial charge in [0.15, 0.2) is 17.0 Å². The van der Waals surface area contributed by atoms with E-state index in [4.69, 9.17) is 4.74 Å². The number of fused-ring (bicyclic) bond motifs is 2. The normalized spacial score (nSPS) is 29.1.